The van der Waals surface area contributed by atoms with Gasteiger partial charge < -0.3 is 9.47 Å². The van der Waals surface area contributed by atoms with Gasteiger partial charge >= 0.3 is 0 Å². The van der Waals surface area contributed by atoms with E-state index in [9.17, 15) is 8.78 Å². The van der Waals surface area contributed by atoms with Crippen molar-refractivity contribution < 1.29 is 18.3 Å². The zero-order chi connectivity index (χ0) is 10.1. The third kappa shape index (κ3) is 1.41. The van der Waals surface area contributed by atoms with Gasteiger partial charge in [-0.25, -0.2) is 8.78 Å². The van der Waals surface area contributed by atoms with Crippen LogP contribution in [0.25, 0.3) is 0 Å². The van der Waals surface area contributed by atoms with Gasteiger partial charge in [-0.1, -0.05) is 0 Å². The van der Waals surface area contributed by atoms with Crippen LogP contribution in [0.1, 0.15) is 11.5 Å². The van der Waals surface area contributed by atoms with Crippen LogP contribution in [-0.4, -0.2) is 20.1 Å². The fraction of sp³-hybridized carbons (Fsp3) is 0.400. The second kappa shape index (κ2) is 3.44. The normalized spacial score (nSPS) is 19.3. The molecular formula is C10H10F2O2. The van der Waals surface area contributed by atoms with Gasteiger partial charge in [0.1, 0.15) is 18.1 Å². The summed E-state index contributed by atoms with van der Waals surface area (Å²) in [5, 5.41) is 0. The van der Waals surface area contributed by atoms with E-state index in [0.717, 1.165) is 0 Å². The number of fused-ring (bicyclic) bond motifs is 1. The van der Waals surface area contributed by atoms with Crippen LogP contribution in [0.4, 0.5) is 8.78 Å². The van der Waals surface area contributed by atoms with Crippen molar-refractivity contribution >= 4 is 0 Å². The number of ether oxygens (including phenoxy) is 2. The smallest absolute Gasteiger partial charge is 0.248 e. The molecule has 0 saturated heterocycles. The number of methoxy groups -OCH3 is 1. The maximum absolute atomic E-state index is 12.5. The van der Waals surface area contributed by atoms with Gasteiger partial charge in [-0.2, -0.15) is 0 Å². The van der Waals surface area contributed by atoms with Gasteiger partial charge in [0.15, 0.2) is 0 Å². The Morgan fingerprint density at radius 1 is 1.50 bits per heavy atom. The van der Waals surface area contributed by atoms with Crippen LogP contribution < -0.4 is 9.47 Å². The first-order valence-corrected chi connectivity index (χ1v) is 4.31. The molecule has 1 aliphatic rings. The van der Waals surface area contributed by atoms with Crippen molar-refractivity contribution in [1.82, 2.24) is 0 Å². The summed E-state index contributed by atoms with van der Waals surface area (Å²) in [6.07, 6.45) is -2.39. The number of hydrogen-bond donors (Lipinski definition) is 0. The van der Waals surface area contributed by atoms with E-state index in [1.165, 1.54) is 7.11 Å². The summed E-state index contributed by atoms with van der Waals surface area (Å²) in [5.74, 6) is 0.302. The van der Waals surface area contributed by atoms with Gasteiger partial charge in [0.2, 0.25) is 6.43 Å². The summed E-state index contributed by atoms with van der Waals surface area (Å²) in [7, 11) is 1.51. The predicted molar refractivity (Wildman–Crippen MR) is 47.2 cm³/mol. The second-order valence-corrected chi connectivity index (χ2v) is 3.16. The molecule has 1 aliphatic heterocycles. The molecule has 0 aromatic heterocycles. The van der Waals surface area contributed by atoms with E-state index >= 15 is 0 Å². The average molecular weight is 200 g/mol. The average Bonchev–Trinajstić information content (AvgIpc) is 2.59. The van der Waals surface area contributed by atoms with Gasteiger partial charge in [-0.3, -0.25) is 0 Å². The highest BCUT2D eigenvalue weighted by molar-refractivity contribution is 5.45. The molecule has 1 aromatic carbocycles. The fourth-order valence-corrected chi connectivity index (χ4v) is 1.55. The third-order valence-corrected chi connectivity index (χ3v) is 2.34. The molecule has 0 fully saturated rings. The van der Waals surface area contributed by atoms with Crippen LogP contribution in [0, 0.1) is 0 Å². The zero-order valence-corrected chi connectivity index (χ0v) is 7.67. The molecule has 2 nitrogen and oxygen atoms in total. The molecule has 1 aromatic rings. The monoisotopic (exact) mass is 200 g/mol. The van der Waals surface area contributed by atoms with Gasteiger partial charge in [0.05, 0.1) is 13.0 Å². The molecule has 0 N–H and O–H groups in total. The van der Waals surface area contributed by atoms with E-state index in [-0.39, 0.29) is 6.61 Å². The second-order valence-electron chi connectivity index (χ2n) is 3.16. The molecule has 14 heavy (non-hydrogen) atoms. The SMILES string of the molecule is COc1ccc2c(c1)[C@H](C(F)F)CO2. The molecule has 1 heterocycles. The highest BCUT2D eigenvalue weighted by Crippen LogP contribution is 2.39. The maximum atomic E-state index is 12.5. The topological polar surface area (TPSA) is 18.5 Å². The Hall–Kier alpha value is -1.32. The van der Waals surface area contributed by atoms with Gasteiger partial charge in [-0.05, 0) is 18.2 Å². The summed E-state index contributed by atoms with van der Waals surface area (Å²) in [6, 6.07) is 4.97. The first kappa shape index (κ1) is 9.24. The van der Waals surface area contributed by atoms with E-state index in [4.69, 9.17) is 9.47 Å². The van der Waals surface area contributed by atoms with E-state index in [0.29, 0.717) is 17.1 Å². The van der Waals surface area contributed by atoms with Crippen LogP contribution in [0.2, 0.25) is 0 Å². The van der Waals surface area contributed by atoms with Crippen molar-refractivity contribution in [2.75, 3.05) is 13.7 Å². The number of halogens is 2. The summed E-state index contributed by atoms with van der Waals surface area (Å²) in [4.78, 5) is 0. The summed E-state index contributed by atoms with van der Waals surface area (Å²) >= 11 is 0. The first-order valence-electron chi connectivity index (χ1n) is 4.31. The Kier molecular flexibility index (Phi) is 2.27. The maximum Gasteiger partial charge on any atom is 0.248 e. The quantitative estimate of drug-likeness (QED) is 0.730. The lowest BCUT2D eigenvalue weighted by atomic mass is 10.0. The van der Waals surface area contributed by atoms with Crippen molar-refractivity contribution in [3.8, 4) is 11.5 Å². The van der Waals surface area contributed by atoms with E-state index in [1.807, 2.05) is 0 Å². The van der Waals surface area contributed by atoms with Gasteiger partial charge in [0.25, 0.3) is 0 Å². The van der Waals surface area contributed by atoms with Crippen molar-refractivity contribution in [2.45, 2.75) is 12.3 Å². The Morgan fingerprint density at radius 2 is 2.29 bits per heavy atom. The fourth-order valence-electron chi connectivity index (χ4n) is 1.55. The largest absolute Gasteiger partial charge is 0.497 e. The highest BCUT2D eigenvalue weighted by atomic mass is 19.3. The third-order valence-electron chi connectivity index (χ3n) is 2.34. The minimum Gasteiger partial charge on any atom is -0.497 e. The van der Waals surface area contributed by atoms with Gasteiger partial charge in [-0.15, -0.1) is 0 Å². The first-order chi connectivity index (χ1) is 6.72. The van der Waals surface area contributed by atoms with Crippen LogP contribution in [0.5, 0.6) is 11.5 Å². The lowest BCUT2D eigenvalue weighted by molar-refractivity contribution is 0.102. The number of benzene rings is 1. The molecule has 0 unspecified atom stereocenters. The minimum atomic E-state index is -2.39. The van der Waals surface area contributed by atoms with E-state index in [1.54, 1.807) is 18.2 Å². The molecule has 76 valence electrons. The van der Waals surface area contributed by atoms with Gasteiger partial charge in [0, 0.05) is 5.56 Å². The van der Waals surface area contributed by atoms with E-state index in [2.05, 4.69) is 0 Å². The Morgan fingerprint density at radius 3 is 2.93 bits per heavy atom. The zero-order valence-electron chi connectivity index (χ0n) is 7.67. The molecule has 1 atom stereocenters. The van der Waals surface area contributed by atoms with Crippen molar-refractivity contribution in [3.63, 3.8) is 0 Å². The number of alkyl halides is 2. The van der Waals surface area contributed by atoms with Crippen LogP contribution in [0.15, 0.2) is 18.2 Å². The lowest BCUT2D eigenvalue weighted by Crippen LogP contribution is -2.10. The van der Waals surface area contributed by atoms with Crippen LogP contribution in [-0.2, 0) is 0 Å². The minimum absolute atomic E-state index is 0.0557. The van der Waals surface area contributed by atoms with Crippen molar-refractivity contribution in [1.29, 1.82) is 0 Å². The standard InChI is InChI=1S/C10H10F2O2/c1-13-6-2-3-9-7(4-6)8(5-14-9)10(11)12/h2-4,8,10H,5H2,1H3/t8-/m1/s1. The van der Waals surface area contributed by atoms with Crippen molar-refractivity contribution in [3.05, 3.63) is 23.8 Å². The summed E-state index contributed by atoms with van der Waals surface area (Å²) < 4.78 is 35.2. The predicted octanol–water partition coefficient (Wildman–Crippen LogP) is 2.44. The molecule has 0 radical (unpaired) electrons. The van der Waals surface area contributed by atoms with E-state index < -0.39 is 12.3 Å². The molecule has 0 aliphatic carbocycles. The molecule has 4 heteroatoms. The van der Waals surface area contributed by atoms with Crippen LogP contribution in [0.3, 0.4) is 0 Å². The Balaban J connectivity index is 2.37. The molecule has 2 rings (SSSR count). The summed E-state index contributed by atoms with van der Waals surface area (Å²) in [6.45, 7) is 0.0557. The molecular weight excluding hydrogens is 190 g/mol. The molecule has 0 bridgehead atoms. The number of hydrogen-bond acceptors (Lipinski definition) is 2. The summed E-state index contributed by atoms with van der Waals surface area (Å²) in [5.41, 5.74) is 0.541. The molecule has 0 saturated carbocycles. The molecule has 0 amide bonds. The highest BCUT2D eigenvalue weighted by Gasteiger charge is 2.31. The van der Waals surface area contributed by atoms with Crippen LogP contribution >= 0.6 is 0 Å². The lowest BCUT2D eigenvalue weighted by Gasteiger charge is -2.07. The molecule has 0 spiro atoms. The van der Waals surface area contributed by atoms with Crippen molar-refractivity contribution in [2.24, 2.45) is 0 Å². The Labute approximate surface area is 80.4 Å². The number of rotatable bonds is 2. The Bertz CT molecular complexity index is 339.